The van der Waals surface area contributed by atoms with Crippen LogP contribution in [0.5, 0.6) is 0 Å². The number of fused-ring (bicyclic) bond motifs is 1. The molecule has 0 atom stereocenters. The van der Waals surface area contributed by atoms with Crippen molar-refractivity contribution in [2.45, 2.75) is 40.2 Å². The van der Waals surface area contributed by atoms with E-state index < -0.39 is 0 Å². The van der Waals surface area contributed by atoms with Crippen molar-refractivity contribution in [2.24, 2.45) is 18.4 Å². The van der Waals surface area contributed by atoms with E-state index >= 15 is 0 Å². The lowest BCUT2D eigenvalue weighted by Gasteiger charge is -2.38. The normalized spacial score (nSPS) is 18.5. The Balaban J connectivity index is 1.65. The van der Waals surface area contributed by atoms with Crippen molar-refractivity contribution in [1.29, 1.82) is 0 Å². The molecule has 0 radical (unpaired) electrons. The van der Waals surface area contributed by atoms with Crippen LogP contribution in [-0.4, -0.2) is 27.5 Å². The van der Waals surface area contributed by atoms with E-state index in [0.717, 1.165) is 18.0 Å². The Kier molecular flexibility index (Phi) is 3.78. The Morgan fingerprint density at radius 3 is 2.57 bits per heavy atom. The second-order valence-electron chi connectivity index (χ2n) is 7.59. The van der Waals surface area contributed by atoms with Crippen LogP contribution in [0.2, 0.25) is 0 Å². The summed E-state index contributed by atoms with van der Waals surface area (Å²) in [7, 11) is 2.06. The molecule has 0 unspecified atom stereocenters. The highest BCUT2D eigenvalue weighted by molar-refractivity contribution is 5.75. The number of nitrogens with zero attached hydrogens (tertiary/aromatic N) is 3. The van der Waals surface area contributed by atoms with Gasteiger partial charge in [-0.3, -0.25) is 4.90 Å². The zero-order chi connectivity index (χ0) is 15.0. The topological polar surface area (TPSA) is 21.1 Å². The molecule has 1 aromatic heterocycles. The fourth-order valence-corrected chi connectivity index (χ4v) is 3.49. The standard InChI is InChI=1S/C18H27N3/c1-18(2,3)15-7-9-21(10-8-15)12-14-5-6-16-17(11-14)20(4)13-19-16/h5-6,11,13,15H,7-10,12H2,1-4H3. The van der Waals surface area contributed by atoms with Crippen molar-refractivity contribution in [1.82, 2.24) is 14.5 Å². The molecule has 0 N–H and O–H groups in total. The first-order valence-electron chi connectivity index (χ1n) is 8.06. The van der Waals surface area contributed by atoms with Gasteiger partial charge in [-0.1, -0.05) is 26.8 Å². The molecule has 3 nitrogen and oxygen atoms in total. The summed E-state index contributed by atoms with van der Waals surface area (Å²) in [6.45, 7) is 10.7. The van der Waals surface area contributed by atoms with Gasteiger partial charge in [0, 0.05) is 13.6 Å². The third-order valence-corrected chi connectivity index (χ3v) is 5.01. The lowest BCUT2D eigenvalue weighted by molar-refractivity contribution is 0.108. The minimum Gasteiger partial charge on any atom is -0.334 e. The first-order chi connectivity index (χ1) is 9.93. The molecule has 1 fully saturated rings. The van der Waals surface area contributed by atoms with Crippen LogP contribution in [0.25, 0.3) is 11.0 Å². The summed E-state index contributed by atoms with van der Waals surface area (Å²) in [5, 5.41) is 0. The molecule has 0 bridgehead atoms. The molecule has 3 rings (SSSR count). The molecule has 2 aromatic rings. The van der Waals surface area contributed by atoms with Crippen molar-refractivity contribution in [3.63, 3.8) is 0 Å². The molecule has 0 saturated carbocycles. The second-order valence-corrected chi connectivity index (χ2v) is 7.59. The van der Waals surface area contributed by atoms with Gasteiger partial charge in [0.1, 0.15) is 0 Å². The molecule has 1 aromatic carbocycles. The highest BCUT2D eigenvalue weighted by atomic mass is 15.1. The van der Waals surface area contributed by atoms with Gasteiger partial charge in [-0.05, 0) is 55.0 Å². The van der Waals surface area contributed by atoms with Crippen LogP contribution in [-0.2, 0) is 13.6 Å². The number of likely N-dealkylation sites (tertiary alicyclic amines) is 1. The summed E-state index contributed by atoms with van der Waals surface area (Å²) >= 11 is 0. The number of piperidine rings is 1. The van der Waals surface area contributed by atoms with E-state index in [1.165, 1.54) is 37.0 Å². The maximum atomic E-state index is 4.39. The van der Waals surface area contributed by atoms with Gasteiger partial charge in [0.25, 0.3) is 0 Å². The Bertz CT molecular complexity index is 613. The van der Waals surface area contributed by atoms with Gasteiger partial charge in [-0.25, -0.2) is 4.98 Å². The summed E-state index contributed by atoms with van der Waals surface area (Å²) in [5.74, 6) is 0.869. The van der Waals surface area contributed by atoms with Gasteiger partial charge in [-0.2, -0.15) is 0 Å². The van der Waals surface area contributed by atoms with Gasteiger partial charge in [0.2, 0.25) is 0 Å². The van der Waals surface area contributed by atoms with Gasteiger partial charge >= 0.3 is 0 Å². The third-order valence-electron chi connectivity index (χ3n) is 5.01. The first-order valence-corrected chi connectivity index (χ1v) is 8.06. The molecule has 21 heavy (non-hydrogen) atoms. The fraction of sp³-hybridized carbons (Fsp3) is 0.611. The predicted octanol–water partition coefficient (Wildman–Crippen LogP) is 3.83. The fourth-order valence-electron chi connectivity index (χ4n) is 3.49. The number of benzene rings is 1. The van der Waals surface area contributed by atoms with Crippen LogP contribution in [0.1, 0.15) is 39.2 Å². The van der Waals surface area contributed by atoms with Gasteiger partial charge < -0.3 is 4.57 Å². The minimum atomic E-state index is 0.458. The molecule has 0 amide bonds. The summed E-state index contributed by atoms with van der Waals surface area (Å²) < 4.78 is 2.10. The second kappa shape index (κ2) is 5.45. The average molecular weight is 285 g/mol. The molecule has 2 heterocycles. The maximum absolute atomic E-state index is 4.39. The Morgan fingerprint density at radius 1 is 1.19 bits per heavy atom. The molecule has 3 heteroatoms. The van der Waals surface area contributed by atoms with Crippen molar-refractivity contribution in [3.05, 3.63) is 30.1 Å². The van der Waals surface area contributed by atoms with E-state index in [0.29, 0.717) is 5.41 Å². The van der Waals surface area contributed by atoms with Gasteiger partial charge in [0.05, 0.1) is 17.4 Å². The van der Waals surface area contributed by atoms with E-state index in [9.17, 15) is 0 Å². The molecule has 1 aliphatic heterocycles. The Morgan fingerprint density at radius 2 is 1.90 bits per heavy atom. The van der Waals surface area contributed by atoms with Crippen molar-refractivity contribution in [3.8, 4) is 0 Å². The van der Waals surface area contributed by atoms with E-state index in [-0.39, 0.29) is 0 Å². The third kappa shape index (κ3) is 3.13. The number of aryl methyl sites for hydroxylation is 1. The quantitative estimate of drug-likeness (QED) is 0.836. The largest absolute Gasteiger partial charge is 0.334 e. The lowest BCUT2D eigenvalue weighted by Crippen LogP contribution is -2.37. The molecule has 114 valence electrons. The lowest BCUT2D eigenvalue weighted by atomic mass is 9.75. The molecular weight excluding hydrogens is 258 g/mol. The van der Waals surface area contributed by atoms with E-state index in [1.807, 2.05) is 6.33 Å². The van der Waals surface area contributed by atoms with Gasteiger partial charge in [-0.15, -0.1) is 0 Å². The van der Waals surface area contributed by atoms with Crippen LogP contribution in [0.4, 0.5) is 0 Å². The molecule has 0 aliphatic carbocycles. The van der Waals surface area contributed by atoms with Crippen molar-refractivity contribution < 1.29 is 0 Å². The van der Waals surface area contributed by atoms with Crippen LogP contribution < -0.4 is 0 Å². The molecule has 0 spiro atoms. The van der Waals surface area contributed by atoms with Crippen molar-refractivity contribution >= 4 is 11.0 Å². The summed E-state index contributed by atoms with van der Waals surface area (Å²) in [6, 6.07) is 6.66. The number of aromatic nitrogens is 2. The summed E-state index contributed by atoms with van der Waals surface area (Å²) in [6.07, 6.45) is 4.55. The zero-order valence-corrected chi connectivity index (χ0v) is 13.8. The highest BCUT2D eigenvalue weighted by Crippen LogP contribution is 2.34. The van der Waals surface area contributed by atoms with Gasteiger partial charge in [0.15, 0.2) is 0 Å². The van der Waals surface area contributed by atoms with Crippen molar-refractivity contribution in [2.75, 3.05) is 13.1 Å². The number of hydrogen-bond acceptors (Lipinski definition) is 2. The van der Waals surface area contributed by atoms with Crippen LogP contribution in [0.15, 0.2) is 24.5 Å². The number of imidazole rings is 1. The van der Waals surface area contributed by atoms with E-state index in [2.05, 4.69) is 60.5 Å². The Hall–Kier alpha value is -1.35. The number of hydrogen-bond donors (Lipinski definition) is 0. The molecular formula is C18H27N3. The monoisotopic (exact) mass is 285 g/mol. The van der Waals surface area contributed by atoms with Crippen LogP contribution in [0, 0.1) is 11.3 Å². The predicted molar refractivity (Wildman–Crippen MR) is 88.2 cm³/mol. The summed E-state index contributed by atoms with van der Waals surface area (Å²) in [4.78, 5) is 6.99. The van der Waals surface area contributed by atoms with Crippen LogP contribution in [0.3, 0.4) is 0 Å². The zero-order valence-electron chi connectivity index (χ0n) is 13.8. The van der Waals surface area contributed by atoms with Crippen LogP contribution >= 0.6 is 0 Å². The average Bonchev–Trinajstić information content (AvgIpc) is 2.80. The maximum Gasteiger partial charge on any atom is 0.0955 e. The number of rotatable bonds is 2. The highest BCUT2D eigenvalue weighted by Gasteiger charge is 2.28. The first kappa shape index (κ1) is 14.6. The molecule has 1 aliphatic rings. The summed E-state index contributed by atoms with van der Waals surface area (Å²) in [5.41, 5.74) is 4.18. The SMILES string of the molecule is Cn1cnc2ccc(CN3CCC(C(C)(C)C)CC3)cc21. The Labute approximate surface area is 128 Å². The molecule has 1 saturated heterocycles. The minimum absolute atomic E-state index is 0.458. The van der Waals surface area contributed by atoms with E-state index in [1.54, 1.807) is 0 Å². The smallest absolute Gasteiger partial charge is 0.0955 e. The van der Waals surface area contributed by atoms with E-state index in [4.69, 9.17) is 0 Å².